The molecule has 0 aromatic heterocycles. The van der Waals surface area contributed by atoms with E-state index in [0.717, 1.165) is 16.1 Å². The molecule has 0 bridgehead atoms. The molecule has 5 heteroatoms. The van der Waals surface area contributed by atoms with Crippen LogP contribution in [-0.4, -0.2) is 18.9 Å². The number of anilines is 1. The number of nitrogens with zero attached hydrogens (tertiary/aromatic N) is 2. The number of para-hydroxylation sites is 1. The molecule has 0 unspecified atom stereocenters. The number of hydrogen-bond acceptors (Lipinski definition) is 4. The van der Waals surface area contributed by atoms with Crippen molar-refractivity contribution in [2.75, 3.05) is 17.9 Å². The lowest BCUT2D eigenvalue weighted by molar-refractivity contribution is 0.0991. The van der Waals surface area contributed by atoms with Crippen molar-refractivity contribution in [3.8, 4) is 11.8 Å². The van der Waals surface area contributed by atoms with E-state index in [1.54, 1.807) is 29.8 Å². The monoisotopic (exact) mass is 352 g/mol. The van der Waals surface area contributed by atoms with Crippen molar-refractivity contribution >= 4 is 23.4 Å². The van der Waals surface area contributed by atoms with Gasteiger partial charge in [-0.2, -0.15) is 5.26 Å². The molecule has 0 fully saturated rings. The highest BCUT2D eigenvalue weighted by Gasteiger charge is 2.29. The minimum atomic E-state index is -0.245. The number of thioether (sulfide) groups is 1. The fourth-order valence-electron chi connectivity index (χ4n) is 2.94. The van der Waals surface area contributed by atoms with E-state index in [1.807, 2.05) is 51.1 Å². The maximum absolute atomic E-state index is 13.1. The minimum absolute atomic E-state index is 0.0953. The highest BCUT2D eigenvalue weighted by molar-refractivity contribution is 8.00. The van der Waals surface area contributed by atoms with E-state index < -0.39 is 0 Å². The van der Waals surface area contributed by atoms with Gasteiger partial charge in [0.1, 0.15) is 11.8 Å². The Hall–Kier alpha value is -2.45. The number of nitriles is 1. The van der Waals surface area contributed by atoms with Gasteiger partial charge in [-0.3, -0.25) is 9.69 Å². The second-order valence-corrected chi connectivity index (χ2v) is 7.93. The number of ether oxygens (including phenoxy) is 1. The van der Waals surface area contributed by atoms with Gasteiger partial charge in [0, 0.05) is 16.0 Å². The molecule has 0 radical (unpaired) electrons. The fourth-order valence-corrected chi connectivity index (χ4v) is 3.97. The number of rotatable bonds is 2. The molecule has 2 aromatic rings. The summed E-state index contributed by atoms with van der Waals surface area (Å²) in [7, 11) is 1.56. The third-order valence-corrected chi connectivity index (χ3v) is 5.26. The average molecular weight is 352 g/mol. The summed E-state index contributed by atoms with van der Waals surface area (Å²) in [6.45, 7) is 6.13. The Bertz CT molecular complexity index is 878. The molecule has 1 amide bonds. The maximum atomic E-state index is 13.1. The van der Waals surface area contributed by atoms with Gasteiger partial charge in [-0.25, -0.2) is 0 Å². The first kappa shape index (κ1) is 17.4. The van der Waals surface area contributed by atoms with E-state index in [-0.39, 0.29) is 11.3 Å². The number of carbonyl (C=O) groups is 1. The topological polar surface area (TPSA) is 53.3 Å². The highest BCUT2D eigenvalue weighted by atomic mass is 32.2. The zero-order valence-electron chi connectivity index (χ0n) is 14.8. The van der Waals surface area contributed by atoms with Crippen LogP contribution in [0, 0.1) is 11.3 Å². The molecule has 25 heavy (non-hydrogen) atoms. The van der Waals surface area contributed by atoms with E-state index in [4.69, 9.17) is 4.74 Å². The summed E-state index contributed by atoms with van der Waals surface area (Å²) < 4.78 is 5.46. The Morgan fingerprint density at radius 3 is 2.64 bits per heavy atom. The molecular formula is C20H20N2O2S. The SMILES string of the molecule is COc1c(C#N)cc(C(=O)N2CSc3ccccc32)cc1C(C)(C)C. The Balaban J connectivity index is 2.09. The predicted molar refractivity (Wildman–Crippen MR) is 100 cm³/mol. The number of carbonyl (C=O) groups excluding carboxylic acids is 1. The molecule has 1 heterocycles. The van der Waals surface area contributed by atoms with Crippen molar-refractivity contribution in [3.63, 3.8) is 0 Å². The normalized spacial score (nSPS) is 13.3. The van der Waals surface area contributed by atoms with Gasteiger partial charge in [-0.05, 0) is 29.7 Å². The predicted octanol–water partition coefficient (Wildman–Crippen LogP) is 4.57. The zero-order chi connectivity index (χ0) is 18.2. The van der Waals surface area contributed by atoms with Crippen molar-refractivity contribution in [2.24, 2.45) is 0 Å². The number of amides is 1. The van der Waals surface area contributed by atoms with Gasteiger partial charge in [0.05, 0.1) is 24.2 Å². The number of methoxy groups -OCH3 is 1. The lowest BCUT2D eigenvalue weighted by atomic mass is 9.84. The Labute approximate surface area is 152 Å². The standard InChI is InChI=1S/C20H20N2O2S/c1-20(2,3)15-10-13(9-14(11-21)18(15)24-4)19(23)22-12-25-17-8-6-5-7-16(17)22/h5-10H,12H2,1-4H3. The number of benzene rings is 2. The summed E-state index contributed by atoms with van der Waals surface area (Å²) >= 11 is 1.64. The van der Waals surface area contributed by atoms with Crippen LogP contribution in [0.15, 0.2) is 41.3 Å². The van der Waals surface area contributed by atoms with Crippen LogP contribution in [0.5, 0.6) is 5.75 Å². The van der Waals surface area contributed by atoms with Crippen LogP contribution in [0.4, 0.5) is 5.69 Å². The van der Waals surface area contributed by atoms with E-state index >= 15 is 0 Å². The Morgan fingerprint density at radius 1 is 1.28 bits per heavy atom. The third kappa shape index (κ3) is 3.10. The van der Waals surface area contributed by atoms with Crippen molar-refractivity contribution in [2.45, 2.75) is 31.1 Å². The summed E-state index contributed by atoms with van der Waals surface area (Å²) in [6.07, 6.45) is 0. The molecule has 0 N–H and O–H groups in total. The molecule has 1 aliphatic rings. The number of fused-ring (bicyclic) bond motifs is 1. The van der Waals surface area contributed by atoms with Crippen LogP contribution in [0.25, 0.3) is 0 Å². The van der Waals surface area contributed by atoms with Crippen LogP contribution >= 0.6 is 11.8 Å². The maximum Gasteiger partial charge on any atom is 0.259 e. The second-order valence-electron chi connectivity index (χ2n) is 6.94. The van der Waals surface area contributed by atoms with Gasteiger partial charge in [0.25, 0.3) is 5.91 Å². The van der Waals surface area contributed by atoms with Gasteiger partial charge >= 0.3 is 0 Å². The molecule has 0 atom stereocenters. The van der Waals surface area contributed by atoms with Gasteiger partial charge in [-0.15, -0.1) is 11.8 Å². The van der Waals surface area contributed by atoms with Gasteiger partial charge in [0.15, 0.2) is 0 Å². The van der Waals surface area contributed by atoms with Crippen LogP contribution in [0.1, 0.15) is 42.3 Å². The first-order valence-electron chi connectivity index (χ1n) is 8.03. The summed E-state index contributed by atoms with van der Waals surface area (Å²) in [5.74, 6) is 1.03. The van der Waals surface area contributed by atoms with Crippen molar-refractivity contribution in [1.29, 1.82) is 5.26 Å². The molecule has 0 aliphatic carbocycles. The quantitative estimate of drug-likeness (QED) is 0.794. The average Bonchev–Trinajstić information content (AvgIpc) is 3.03. The Kier molecular flexibility index (Phi) is 4.49. The molecule has 1 aliphatic heterocycles. The van der Waals surface area contributed by atoms with Crippen LogP contribution in [0.2, 0.25) is 0 Å². The Morgan fingerprint density at radius 2 is 2.00 bits per heavy atom. The van der Waals surface area contributed by atoms with Gasteiger partial charge in [-0.1, -0.05) is 32.9 Å². The molecule has 0 saturated heterocycles. The van der Waals surface area contributed by atoms with Gasteiger partial charge in [0.2, 0.25) is 0 Å². The molecular weight excluding hydrogens is 332 g/mol. The molecule has 3 rings (SSSR count). The summed E-state index contributed by atoms with van der Waals surface area (Å²) in [6, 6.07) is 13.5. The lowest BCUT2D eigenvalue weighted by Crippen LogP contribution is -2.28. The van der Waals surface area contributed by atoms with Crippen LogP contribution in [0.3, 0.4) is 0 Å². The largest absolute Gasteiger partial charge is 0.495 e. The van der Waals surface area contributed by atoms with Gasteiger partial charge < -0.3 is 4.74 Å². The smallest absolute Gasteiger partial charge is 0.259 e. The van der Waals surface area contributed by atoms with Crippen molar-refractivity contribution in [1.82, 2.24) is 0 Å². The van der Waals surface area contributed by atoms with Crippen molar-refractivity contribution in [3.05, 3.63) is 53.1 Å². The van der Waals surface area contributed by atoms with E-state index in [2.05, 4.69) is 6.07 Å². The first-order valence-corrected chi connectivity index (χ1v) is 9.01. The van der Waals surface area contributed by atoms with E-state index in [0.29, 0.717) is 22.8 Å². The lowest BCUT2D eigenvalue weighted by Gasteiger charge is -2.24. The van der Waals surface area contributed by atoms with Crippen molar-refractivity contribution < 1.29 is 9.53 Å². The second kappa shape index (κ2) is 6.45. The van der Waals surface area contributed by atoms with Crippen LogP contribution < -0.4 is 9.64 Å². The summed E-state index contributed by atoms with van der Waals surface area (Å²) in [5, 5.41) is 9.51. The number of hydrogen-bond donors (Lipinski definition) is 0. The molecule has 4 nitrogen and oxygen atoms in total. The molecule has 2 aromatic carbocycles. The molecule has 128 valence electrons. The first-order chi connectivity index (χ1) is 11.9. The van der Waals surface area contributed by atoms with Crippen LogP contribution in [-0.2, 0) is 5.41 Å². The zero-order valence-corrected chi connectivity index (χ0v) is 15.6. The fraction of sp³-hybridized carbons (Fsp3) is 0.300. The van der Waals surface area contributed by atoms with E-state index in [9.17, 15) is 10.1 Å². The summed E-state index contributed by atoms with van der Waals surface area (Å²) in [4.78, 5) is 16.0. The molecule has 0 spiro atoms. The summed E-state index contributed by atoms with van der Waals surface area (Å²) in [5.41, 5.74) is 2.44. The highest BCUT2D eigenvalue weighted by Crippen LogP contribution is 2.40. The molecule has 0 saturated carbocycles. The van der Waals surface area contributed by atoms with E-state index in [1.165, 1.54) is 0 Å². The third-order valence-electron chi connectivity index (χ3n) is 4.22. The minimum Gasteiger partial charge on any atom is -0.495 e.